The number of amides is 1. The summed E-state index contributed by atoms with van der Waals surface area (Å²) in [6.45, 7) is 2.24. The van der Waals surface area contributed by atoms with Crippen molar-refractivity contribution in [2.75, 3.05) is 25.4 Å². The smallest absolute Gasteiger partial charge is 0.234 e. The molecule has 1 aliphatic carbocycles. The normalized spacial score (nSPS) is 25.8. The lowest BCUT2D eigenvalue weighted by Crippen LogP contribution is -2.52. The lowest BCUT2D eigenvalue weighted by molar-refractivity contribution is -0.125. The number of aromatic nitrogens is 4. The molecular weight excluding hydrogens is 421 g/mol. The van der Waals surface area contributed by atoms with E-state index in [4.69, 9.17) is 5.73 Å². The number of carbonyl (C=O) groups excluding carboxylic acids is 1. The molecule has 0 aromatic carbocycles. The molecule has 1 amide bonds. The maximum atomic E-state index is 11.6. The van der Waals surface area contributed by atoms with E-state index in [-0.39, 0.29) is 5.91 Å². The summed E-state index contributed by atoms with van der Waals surface area (Å²) in [5.74, 6) is 0.631. The van der Waals surface area contributed by atoms with Gasteiger partial charge in [-0.1, -0.05) is 0 Å². The minimum absolute atomic E-state index is 0.142. The molecular formula is C15H20IN7O. The number of nitrogen functional groups attached to an aromatic ring is 1. The van der Waals surface area contributed by atoms with Gasteiger partial charge in [-0.05, 0) is 48.3 Å². The third-order valence-corrected chi connectivity index (χ3v) is 5.83. The predicted molar refractivity (Wildman–Crippen MR) is 98.3 cm³/mol. The maximum Gasteiger partial charge on any atom is 0.234 e. The van der Waals surface area contributed by atoms with Crippen LogP contribution in [0.2, 0.25) is 0 Å². The fourth-order valence-corrected chi connectivity index (χ4v) is 4.60. The highest BCUT2D eigenvalue weighted by atomic mass is 127. The lowest BCUT2D eigenvalue weighted by atomic mass is 9.90. The first-order valence-corrected chi connectivity index (χ1v) is 9.36. The molecule has 1 saturated carbocycles. The number of nitrogens with one attached hydrogen (secondary N) is 1. The van der Waals surface area contributed by atoms with E-state index < -0.39 is 0 Å². The Balaban J connectivity index is 1.50. The van der Waals surface area contributed by atoms with Crippen LogP contribution < -0.4 is 11.1 Å². The van der Waals surface area contributed by atoms with Crippen molar-refractivity contribution in [2.45, 2.75) is 37.8 Å². The molecule has 9 heteroatoms. The highest BCUT2D eigenvalue weighted by Gasteiger charge is 2.30. The number of hydrogen-bond acceptors (Lipinski definition) is 6. The van der Waals surface area contributed by atoms with E-state index in [1.54, 1.807) is 0 Å². The number of rotatable bonds is 2. The van der Waals surface area contributed by atoms with Gasteiger partial charge in [0.1, 0.15) is 15.8 Å². The third kappa shape index (κ3) is 2.83. The second-order valence-electron chi connectivity index (χ2n) is 6.48. The van der Waals surface area contributed by atoms with Gasteiger partial charge in [0.15, 0.2) is 5.65 Å². The van der Waals surface area contributed by atoms with Crippen LogP contribution in [0.4, 0.5) is 5.82 Å². The Hall–Kier alpha value is -1.49. The van der Waals surface area contributed by atoms with Crippen molar-refractivity contribution in [1.82, 2.24) is 30.0 Å². The standard InChI is InChI=1S/C15H20IN7O/c16-13-12-14(17)19-8-20-15(12)23(21-13)10-3-1-9(2-4-10)22-6-5-18-11(24)7-22/h8-10H,1-7H2,(H,18,24)(H2,17,19,20). The Kier molecular flexibility index (Phi) is 4.29. The topological polar surface area (TPSA) is 102 Å². The molecule has 3 N–H and O–H groups in total. The van der Waals surface area contributed by atoms with E-state index in [1.807, 2.05) is 4.68 Å². The monoisotopic (exact) mass is 441 g/mol. The van der Waals surface area contributed by atoms with Crippen molar-refractivity contribution < 1.29 is 4.79 Å². The molecule has 2 aromatic heterocycles. The average Bonchev–Trinajstić information content (AvgIpc) is 2.93. The lowest BCUT2D eigenvalue weighted by Gasteiger charge is -2.38. The van der Waals surface area contributed by atoms with Crippen LogP contribution in [0.25, 0.3) is 11.0 Å². The van der Waals surface area contributed by atoms with Gasteiger partial charge in [-0.25, -0.2) is 14.6 Å². The fraction of sp³-hybridized carbons (Fsp3) is 0.600. The van der Waals surface area contributed by atoms with Crippen LogP contribution in [0.3, 0.4) is 0 Å². The molecule has 0 atom stereocenters. The van der Waals surface area contributed by atoms with Crippen LogP contribution in [0.5, 0.6) is 0 Å². The molecule has 8 nitrogen and oxygen atoms in total. The van der Waals surface area contributed by atoms with Gasteiger partial charge in [0.2, 0.25) is 5.91 Å². The summed E-state index contributed by atoms with van der Waals surface area (Å²) in [5.41, 5.74) is 6.81. The summed E-state index contributed by atoms with van der Waals surface area (Å²) >= 11 is 2.20. The van der Waals surface area contributed by atoms with Gasteiger partial charge in [-0.2, -0.15) is 5.10 Å². The zero-order chi connectivity index (χ0) is 16.7. The molecule has 1 aliphatic heterocycles. The highest BCUT2D eigenvalue weighted by Crippen LogP contribution is 2.34. The van der Waals surface area contributed by atoms with Crippen LogP contribution in [0.1, 0.15) is 31.7 Å². The second-order valence-corrected chi connectivity index (χ2v) is 7.50. The molecule has 2 fully saturated rings. The molecule has 0 bridgehead atoms. The zero-order valence-electron chi connectivity index (χ0n) is 13.3. The number of hydrogen-bond donors (Lipinski definition) is 2. The van der Waals surface area contributed by atoms with Gasteiger partial charge in [-0.3, -0.25) is 9.69 Å². The number of halogens is 1. The van der Waals surface area contributed by atoms with E-state index in [2.05, 4.69) is 47.9 Å². The molecule has 4 rings (SSSR count). The highest BCUT2D eigenvalue weighted by molar-refractivity contribution is 14.1. The Morgan fingerprint density at radius 3 is 2.71 bits per heavy atom. The summed E-state index contributed by atoms with van der Waals surface area (Å²) in [6.07, 6.45) is 5.75. The number of carbonyl (C=O) groups is 1. The van der Waals surface area contributed by atoms with Gasteiger partial charge in [-0.15, -0.1) is 0 Å². The largest absolute Gasteiger partial charge is 0.383 e. The van der Waals surface area contributed by atoms with Crippen LogP contribution >= 0.6 is 22.6 Å². The molecule has 2 aliphatic rings. The molecule has 24 heavy (non-hydrogen) atoms. The van der Waals surface area contributed by atoms with E-state index in [1.165, 1.54) is 6.33 Å². The summed E-state index contributed by atoms with van der Waals surface area (Å²) in [5, 5.41) is 8.41. The number of nitrogens with zero attached hydrogens (tertiary/aromatic N) is 5. The van der Waals surface area contributed by atoms with E-state index in [9.17, 15) is 4.79 Å². The quantitative estimate of drug-likeness (QED) is 0.673. The first-order chi connectivity index (χ1) is 11.6. The van der Waals surface area contributed by atoms with E-state index >= 15 is 0 Å². The van der Waals surface area contributed by atoms with Crippen LogP contribution in [-0.2, 0) is 4.79 Å². The molecule has 128 valence electrons. The van der Waals surface area contributed by atoms with Crippen molar-refractivity contribution >= 4 is 45.3 Å². The first-order valence-electron chi connectivity index (χ1n) is 8.28. The van der Waals surface area contributed by atoms with E-state index in [0.29, 0.717) is 24.4 Å². The van der Waals surface area contributed by atoms with Gasteiger partial charge in [0.25, 0.3) is 0 Å². The minimum Gasteiger partial charge on any atom is -0.383 e. The van der Waals surface area contributed by atoms with Gasteiger partial charge in [0, 0.05) is 19.1 Å². The van der Waals surface area contributed by atoms with Crippen molar-refractivity contribution in [3.8, 4) is 0 Å². The number of fused-ring (bicyclic) bond motifs is 1. The van der Waals surface area contributed by atoms with Crippen LogP contribution in [0, 0.1) is 3.70 Å². The van der Waals surface area contributed by atoms with Crippen LogP contribution in [-0.4, -0.2) is 56.2 Å². The second kappa shape index (κ2) is 6.43. The van der Waals surface area contributed by atoms with Crippen molar-refractivity contribution in [3.63, 3.8) is 0 Å². The van der Waals surface area contributed by atoms with Crippen molar-refractivity contribution in [2.24, 2.45) is 0 Å². The first kappa shape index (κ1) is 16.0. The summed E-state index contributed by atoms with van der Waals surface area (Å²) in [6, 6.07) is 0.827. The number of piperazine rings is 1. The minimum atomic E-state index is 0.142. The molecule has 0 spiro atoms. The Labute approximate surface area is 153 Å². The van der Waals surface area contributed by atoms with Gasteiger partial charge >= 0.3 is 0 Å². The zero-order valence-corrected chi connectivity index (χ0v) is 15.4. The number of nitrogens with two attached hydrogens (primary N) is 1. The fourth-order valence-electron chi connectivity index (χ4n) is 3.85. The average molecular weight is 441 g/mol. The Morgan fingerprint density at radius 2 is 1.96 bits per heavy atom. The van der Waals surface area contributed by atoms with E-state index in [0.717, 1.165) is 53.5 Å². The molecule has 3 heterocycles. The Bertz CT molecular complexity index is 769. The molecule has 1 saturated heterocycles. The summed E-state index contributed by atoms with van der Waals surface area (Å²) in [7, 11) is 0. The summed E-state index contributed by atoms with van der Waals surface area (Å²) in [4.78, 5) is 22.4. The number of anilines is 1. The van der Waals surface area contributed by atoms with Crippen molar-refractivity contribution in [1.29, 1.82) is 0 Å². The Morgan fingerprint density at radius 1 is 1.21 bits per heavy atom. The molecule has 0 radical (unpaired) electrons. The molecule has 2 aromatic rings. The van der Waals surface area contributed by atoms with Gasteiger partial charge in [0.05, 0.1) is 18.0 Å². The molecule has 0 unspecified atom stereocenters. The third-order valence-electron chi connectivity index (χ3n) is 5.07. The van der Waals surface area contributed by atoms with Crippen molar-refractivity contribution in [3.05, 3.63) is 10.0 Å². The van der Waals surface area contributed by atoms with Gasteiger partial charge < -0.3 is 11.1 Å². The SMILES string of the molecule is Nc1ncnc2c1c(I)nn2C1CCC(N2CCNC(=O)C2)CC1. The maximum absolute atomic E-state index is 11.6. The predicted octanol–water partition coefficient (Wildman–Crippen LogP) is 0.929. The summed E-state index contributed by atoms with van der Waals surface area (Å²) < 4.78 is 2.88. The van der Waals surface area contributed by atoms with Crippen LogP contribution in [0.15, 0.2) is 6.33 Å².